The van der Waals surface area contributed by atoms with Crippen LogP contribution in [0.15, 0.2) is 12.1 Å². The van der Waals surface area contributed by atoms with Gasteiger partial charge >= 0.3 is 6.09 Å². The molecule has 1 heterocycles. The van der Waals surface area contributed by atoms with Gasteiger partial charge in [-0.2, -0.15) is 0 Å². The van der Waals surface area contributed by atoms with Crippen LogP contribution in [0.4, 0.5) is 4.79 Å². The van der Waals surface area contributed by atoms with Crippen LogP contribution in [0.5, 0.6) is 5.75 Å². The quantitative estimate of drug-likeness (QED) is 0.683. The van der Waals surface area contributed by atoms with Crippen molar-refractivity contribution >= 4 is 17.7 Å². The summed E-state index contributed by atoms with van der Waals surface area (Å²) in [6, 6.07) is 3.40. The summed E-state index contributed by atoms with van der Waals surface area (Å²) >= 11 is 5.81. The van der Waals surface area contributed by atoms with Crippen LogP contribution < -0.4 is 10.1 Å². The van der Waals surface area contributed by atoms with Gasteiger partial charge < -0.3 is 14.8 Å². The van der Waals surface area contributed by atoms with E-state index in [0.29, 0.717) is 24.1 Å². The van der Waals surface area contributed by atoms with Gasteiger partial charge in [-0.3, -0.25) is 0 Å². The molecular formula is C13H19ClN2O3. The molecule has 1 aromatic heterocycles. The van der Waals surface area contributed by atoms with E-state index in [0.717, 1.165) is 5.69 Å². The molecule has 1 N–H and O–H groups in total. The molecule has 1 amide bonds. The molecule has 19 heavy (non-hydrogen) atoms. The summed E-state index contributed by atoms with van der Waals surface area (Å²) < 4.78 is 10.5. The van der Waals surface area contributed by atoms with Crippen LogP contribution in [-0.4, -0.2) is 29.8 Å². The molecule has 0 radical (unpaired) electrons. The maximum Gasteiger partial charge on any atom is 0.407 e. The van der Waals surface area contributed by atoms with Gasteiger partial charge in [0.1, 0.15) is 23.1 Å². The molecule has 5 nitrogen and oxygen atoms in total. The molecule has 0 saturated carbocycles. The first-order valence-electron chi connectivity index (χ1n) is 6.00. The minimum absolute atomic E-state index is 0.332. The Morgan fingerprint density at radius 1 is 1.42 bits per heavy atom. The summed E-state index contributed by atoms with van der Waals surface area (Å²) in [5, 5.41) is 2.99. The fraction of sp³-hybridized carbons (Fsp3) is 0.538. The van der Waals surface area contributed by atoms with Gasteiger partial charge in [-0.25, -0.2) is 9.78 Å². The van der Waals surface area contributed by atoms with E-state index in [-0.39, 0.29) is 0 Å². The van der Waals surface area contributed by atoms with Crippen molar-refractivity contribution in [3.63, 3.8) is 0 Å². The highest BCUT2D eigenvalue weighted by molar-refractivity contribution is 6.29. The third-order valence-electron chi connectivity index (χ3n) is 1.93. The number of halogens is 1. The summed E-state index contributed by atoms with van der Waals surface area (Å²) in [6.07, 6.45) is -0.458. The molecule has 0 fully saturated rings. The smallest absolute Gasteiger partial charge is 0.407 e. The lowest BCUT2D eigenvalue weighted by Crippen LogP contribution is -2.34. The molecule has 0 atom stereocenters. The zero-order chi connectivity index (χ0) is 14.5. The molecule has 6 heteroatoms. The summed E-state index contributed by atoms with van der Waals surface area (Å²) in [4.78, 5) is 15.4. The number of aryl methyl sites for hydroxylation is 1. The molecule has 0 bridgehead atoms. The van der Waals surface area contributed by atoms with Crippen molar-refractivity contribution in [2.45, 2.75) is 33.3 Å². The maximum atomic E-state index is 11.4. The predicted octanol–water partition coefficient (Wildman–Crippen LogP) is 2.95. The van der Waals surface area contributed by atoms with Gasteiger partial charge in [-0.05, 0) is 27.7 Å². The molecule has 0 aliphatic heterocycles. The van der Waals surface area contributed by atoms with Crippen molar-refractivity contribution in [3.8, 4) is 5.75 Å². The Balaban J connectivity index is 2.29. The van der Waals surface area contributed by atoms with E-state index in [2.05, 4.69) is 10.3 Å². The van der Waals surface area contributed by atoms with Crippen LogP contribution in [0.3, 0.4) is 0 Å². The summed E-state index contributed by atoms with van der Waals surface area (Å²) in [6.45, 7) is 7.95. The van der Waals surface area contributed by atoms with Crippen molar-refractivity contribution in [2.24, 2.45) is 0 Å². The summed E-state index contributed by atoms with van der Waals surface area (Å²) in [5.74, 6) is 0.628. The number of hydrogen-bond acceptors (Lipinski definition) is 4. The molecule has 1 rings (SSSR count). The zero-order valence-corrected chi connectivity index (χ0v) is 12.4. The Hall–Kier alpha value is -1.49. The lowest BCUT2D eigenvalue weighted by Gasteiger charge is -2.19. The minimum Gasteiger partial charge on any atom is -0.492 e. The van der Waals surface area contributed by atoms with Gasteiger partial charge in [0, 0.05) is 17.8 Å². The van der Waals surface area contributed by atoms with E-state index >= 15 is 0 Å². The normalized spacial score (nSPS) is 11.0. The number of nitrogens with one attached hydrogen (secondary N) is 1. The number of carbonyl (C=O) groups excluding carboxylic acids is 1. The highest BCUT2D eigenvalue weighted by atomic mass is 35.5. The Kier molecular flexibility index (Phi) is 5.42. The van der Waals surface area contributed by atoms with E-state index in [1.54, 1.807) is 12.1 Å². The molecule has 106 valence electrons. The second-order valence-electron chi connectivity index (χ2n) is 5.04. The Morgan fingerprint density at radius 2 is 2.11 bits per heavy atom. The van der Waals surface area contributed by atoms with Crippen molar-refractivity contribution in [1.29, 1.82) is 0 Å². The Morgan fingerprint density at radius 3 is 2.68 bits per heavy atom. The van der Waals surface area contributed by atoms with Gasteiger partial charge in [0.05, 0.1) is 6.54 Å². The number of rotatable bonds is 4. The topological polar surface area (TPSA) is 60.5 Å². The fourth-order valence-electron chi connectivity index (χ4n) is 1.32. The van der Waals surface area contributed by atoms with Gasteiger partial charge in [-0.15, -0.1) is 0 Å². The number of hydrogen-bond donors (Lipinski definition) is 1. The number of pyridine rings is 1. The molecule has 0 saturated heterocycles. The van der Waals surface area contributed by atoms with Gasteiger partial charge in [0.15, 0.2) is 0 Å². The number of aromatic nitrogens is 1. The first-order valence-corrected chi connectivity index (χ1v) is 6.38. The van der Waals surface area contributed by atoms with E-state index < -0.39 is 11.7 Å². The number of nitrogens with zero attached hydrogens (tertiary/aromatic N) is 1. The molecular weight excluding hydrogens is 268 g/mol. The van der Waals surface area contributed by atoms with Crippen LogP contribution in [0.2, 0.25) is 5.15 Å². The van der Waals surface area contributed by atoms with E-state index in [9.17, 15) is 4.79 Å². The van der Waals surface area contributed by atoms with Gasteiger partial charge in [0.2, 0.25) is 0 Å². The zero-order valence-electron chi connectivity index (χ0n) is 11.6. The molecule has 1 aromatic rings. The van der Waals surface area contributed by atoms with Crippen molar-refractivity contribution in [3.05, 3.63) is 23.0 Å². The van der Waals surface area contributed by atoms with Crippen molar-refractivity contribution < 1.29 is 14.3 Å². The monoisotopic (exact) mass is 286 g/mol. The van der Waals surface area contributed by atoms with E-state index in [1.165, 1.54) is 0 Å². The lowest BCUT2D eigenvalue weighted by atomic mass is 10.2. The van der Waals surface area contributed by atoms with E-state index in [1.807, 2.05) is 27.7 Å². The second-order valence-corrected chi connectivity index (χ2v) is 5.43. The van der Waals surface area contributed by atoms with Crippen LogP contribution in [0.1, 0.15) is 26.5 Å². The minimum atomic E-state index is -0.499. The van der Waals surface area contributed by atoms with Crippen LogP contribution >= 0.6 is 11.6 Å². The van der Waals surface area contributed by atoms with Crippen molar-refractivity contribution in [2.75, 3.05) is 13.2 Å². The summed E-state index contributed by atoms with van der Waals surface area (Å²) in [5.41, 5.74) is 0.281. The third-order valence-corrected chi connectivity index (χ3v) is 2.13. The Bertz CT molecular complexity index is 424. The average Bonchev–Trinajstić information content (AvgIpc) is 2.20. The summed E-state index contributed by atoms with van der Waals surface area (Å²) in [7, 11) is 0. The molecule has 0 unspecified atom stereocenters. The maximum absolute atomic E-state index is 11.4. The molecule has 0 aliphatic rings. The van der Waals surface area contributed by atoms with Crippen LogP contribution in [0.25, 0.3) is 0 Å². The van der Waals surface area contributed by atoms with Gasteiger partial charge in [0.25, 0.3) is 0 Å². The SMILES string of the molecule is Cc1cc(OCCNC(=O)OC(C)(C)C)cc(Cl)n1. The predicted molar refractivity (Wildman–Crippen MR) is 73.7 cm³/mol. The Labute approximate surface area is 118 Å². The first kappa shape index (κ1) is 15.6. The fourth-order valence-corrected chi connectivity index (χ4v) is 1.56. The highest BCUT2D eigenvalue weighted by Crippen LogP contribution is 2.16. The highest BCUT2D eigenvalue weighted by Gasteiger charge is 2.15. The van der Waals surface area contributed by atoms with Crippen LogP contribution in [-0.2, 0) is 4.74 Å². The van der Waals surface area contributed by atoms with Crippen LogP contribution in [0, 0.1) is 6.92 Å². The average molecular weight is 287 g/mol. The van der Waals surface area contributed by atoms with E-state index in [4.69, 9.17) is 21.1 Å². The number of alkyl carbamates (subject to hydrolysis) is 1. The first-order chi connectivity index (χ1) is 8.76. The number of amides is 1. The molecule has 0 spiro atoms. The standard InChI is InChI=1S/C13H19ClN2O3/c1-9-7-10(8-11(14)16-9)18-6-5-15-12(17)19-13(2,3)4/h7-8H,5-6H2,1-4H3,(H,15,17). The molecule has 0 aliphatic carbocycles. The lowest BCUT2D eigenvalue weighted by molar-refractivity contribution is 0.0520. The number of ether oxygens (including phenoxy) is 2. The number of carbonyl (C=O) groups is 1. The van der Waals surface area contributed by atoms with Gasteiger partial charge in [-0.1, -0.05) is 11.6 Å². The second kappa shape index (κ2) is 6.61. The van der Waals surface area contributed by atoms with Crippen molar-refractivity contribution in [1.82, 2.24) is 10.3 Å². The third kappa shape index (κ3) is 6.86. The molecule has 0 aromatic carbocycles. The largest absolute Gasteiger partial charge is 0.492 e.